The van der Waals surface area contributed by atoms with Gasteiger partial charge in [-0.15, -0.1) is 0 Å². The van der Waals surface area contributed by atoms with E-state index in [0.717, 1.165) is 10.0 Å². The highest BCUT2D eigenvalue weighted by atomic mass is 79.9. The van der Waals surface area contributed by atoms with Gasteiger partial charge in [-0.25, -0.2) is 4.39 Å². The third-order valence-corrected chi connectivity index (χ3v) is 5.14. The van der Waals surface area contributed by atoms with Crippen LogP contribution in [0.5, 0.6) is 5.75 Å². The summed E-state index contributed by atoms with van der Waals surface area (Å²) in [6.07, 6.45) is 0.0765. The van der Waals surface area contributed by atoms with Gasteiger partial charge >= 0.3 is 0 Å². The molecule has 0 aliphatic carbocycles. The molecule has 1 fully saturated rings. The zero-order valence-corrected chi connectivity index (χ0v) is 16.7. The number of amides is 2. The summed E-state index contributed by atoms with van der Waals surface area (Å²) in [6, 6.07) is 11.7. The van der Waals surface area contributed by atoms with Crippen LogP contribution in [0, 0.1) is 11.7 Å². The number of carbonyl (C=O) groups excluding carboxylic acids is 2. The molecule has 2 aromatic carbocycles. The van der Waals surface area contributed by atoms with Crippen LogP contribution >= 0.6 is 15.9 Å². The van der Waals surface area contributed by atoms with Crippen molar-refractivity contribution in [2.75, 3.05) is 25.6 Å². The number of ether oxygens (including phenoxy) is 1. The second-order valence-electron chi connectivity index (χ2n) is 6.51. The van der Waals surface area contributed by atoms with Crippen molar-refractivity contribution >= 4 is 33.4 Å². The van der Waals surface area contributed by atoms with Gasteiger partial charge in [0.15, 0.2) is 0 Å². The normalized spacial score (nSPS) is 16.5. The van der Waals surface area contributed by atoms with Crippen LogP contribution in [-0.2, 0) is 16.1 Å². The van der Waals surface area contributed by atoms with Gasteiger partial charge in [-0.1, -0.05) is 28.1 Å². The lowest BCUT2D eigenvalue weighted by Gasteiger charge is -2.22. The Balaban J connectivity index is 1.72. The summed E-state index contributed by atoms with van der Waals surface area (Å²) in [6.45, 7) is 0.532. The van der Waals surface area contributed by atoms with Crippen LogP contribution in [0.3, 0.4) is 0 Å². The molecule has 2 aromatic rings. The molecule has 142 valence electrons. The summed E-state index contributed by atoms with van der Waals surface area (Å²) in [4.78, 5) is 28.1. The maximum Gasteiger partial charge on any atom is 0.228 e. The van der Waals surface area contributed by atoms with E-state index in [4.69, 9.17) is 4.74 Å². The number of hydrogen-bond acceptors (Lipinski definition) is 3. The lowest BCUT2D eigenvalue weighted by molar-refractivity contribution is -0.135. The van der Waals surface area contributed by atoms with Crippen LogP contribution in [0.1, 0.15) is 12.0 Å². The van der Waals surface area contributed by atoms with Gasteiger partial charge in [0.2, 0.25) is 11.8 Å². The van der Waals surface area contributed by atoms with Crippen molar-refractivity contribution in [3.63, 3.8) is 0 Å². The molecule has 0 N–H and O–H groups in total. The van der Waals surface area contributed by atoms with E-state index in [1.165, 1.54) is 11.0 Å². The van der Waals surface area contributed by atoms with Gasteiger partial charge in [0.1, 0.15) is 11.6 Å². The first-order chi connectivity index (χ1) is 12.9. The molecule has 3 rings (SSSR count). The van der Waals surface area contributed by atoms with Crippen LogP contribution in [0.15, 0.2) is 46.9 Å². The molecule has 1 atom stereocenters. The van der Waals surface area contributed by atoms with Gasteiger partial charge in [-0.3, -0.25) is 9.59 Å². The Kier molecular flexibility index (Phi) is 5.79. The average Bonchev–Trinajstić information content (AvgIpc) is 3.03. The number of hydrogen-bond donors (Lipinski definition) is 0. The van der Waals surface area contributed by atoms with E-state index in [9.17, 15) is 14.0 Å². The van der Waals surface area contributed by atoms with E-state index < -0.39 is 11.7 Å². The van der Waals surface area contributed by atoms with Crippen LogP contribution in [-0.4, -0.2) is 37.4 Å². The molecule has 2 amide bonds. The summed E-state index contributed by atoms with van der Waals surface area (Å²) < 4.78 is 20.2. The molecule has 5 nitrogen and oxygen atoms in total. The third kappa shape index (κ3) is 4.13. The summed E-state index contributed by atoms with van der Waals surface area (Å²) in [5.74, 6) is -0.670. The van der Waals surface area contributed by atoms with Crippen molar-refractivity contribution in [2.45, 2.75) is 13.0 Å². The average molecular weight is 435 g/mol. The summed E-state index contributed by atoms with van der Waals surface area (Å²) >= 11 is 3.42. The van der Waals surface area contributed by atoms with Crippen molar-refractivity contribution in [3.05, 3.63) is 58.3 Å². The summed E-state index contributed by atoms with van der Waals surface area (Å²) in [5.41, 5.74) is 1.08. The van der Waals surface area contributed by atoms with E-state index in [-0.39, 0.29) is 30.5 Å². The number of benzene rings is 2. The minimum Gasteiger partial charge on any atom is -0.496 e. The van der Waals surface area contributed by atoms with E-state index in [0.29, 0.717) is 12.3 Å². The first kappa shape index (κ1) is 19.4. The monoisotopic (exact) mass is 434 g/mol. The van der Waals surface area contributed by atoms with Crippen LogP contribution < -0.4 is 9.64 Å². The zero-order valence-electron chi connectivity index (χ0n) is 15.1. The molecule has 0 spiro atoms. The van der Waals surface area contributed by atoms with Gasteiger partial charge in [0, 0.05) is 36.6 Å². The van der Waals surface area contributed by atoms with Crippen molar-refractivity contribution < 1.29 is 18.7 Å². The van der Waals surface area contributed by atoms with Crippen molar-refractivity contribution in [2.24, 2.45) is 5.92 Å². The van der Waals surface area contributed by atoms with Crippen LogP contribution in [0.2, 0.25) is 0 Å². The molecule has 0 aromatic heterocycles. The number of rotatable bonds is 5. The zero-order chi connectivity index (χ0) is 19.6. The van der Waals surface area contributed by atoms with Gasteiger partial charge in [0.25, 0.3) is 0 Å². The minimum atomic E-state index is -0.500. The number of para-hydroxylation sites is 1. The van der Waals surface area contributed by atoms with Crippen molar-refractivity contribution in [3.8, 4) is 5.75 Å². The lowest BCUT2D eigenvalue weighted by Crippen LogP contribution is -2.34. The third-order valence-electron chi connectivity index (χ3n) is 4.64. The quantitative estimate of drug-likeness (QED) is 0.721. The fourth-order valence-corrected chi connectivity index (χ4v) is 3.70. The van der Waals surface area contributed by atoms with E-state index in [1.54, 1.807) is 37.3 Å². The minimum absolute atomic E-state index is 0.0765. The van der Waals surface area contributed by atoms with Gasteiger partial charge in [0.05, 0.1) is 18.7 Å². The second kappa shape index (κ2) is 8.08. The molecule has 1 aliphatic rings. The fourth-order valence-electron chi connectivity index (χ4n) is 3.29. The maximum atomic E-state index is 14.0. The SMILES string of the molecule is COc1ccc(Br)cc1CN(C)C(=O)[C@H]1CC(=O)N(c2ccccc2F)C1. The smallest absolute Gasteiger partial charge is 0.228 e. The topological polar surface area (TPSA) is 49.9 Å². The van der Waals surface area contributed by atoms with Gasteiger partial charge in [-0.05, 0) is 30.3 Å². The van der Waals surface area contributed by atoms with E-state index in [1.807, 2.05) is 18.2 Å². The summed E-state index contributed by atoms with van der Waals surface area (Å²) in [7, 11) is 3.27. The second-order valence-corrected chi connectivity index (χ2v) is 7.42. The Labute approximate surface area is 165 Å². The molecule has 0 bridgehead atoms. The molecule has 0 unspecified atom stereocenters. The van der Waals surface area contributed by atoms with Crippen LogP contribution in [0.4, 0.5) is 10.1 Å². The molecule has 27 heavy (non-hydrogen) atoms. The maximum absolute atomic E-state index is 14.0. The number of halogens is 2. The Bertz CT molecular complexity index is 874. The predicted molar refractivity (Wildman–Crippen MR) is 104 cm³/mol. The molecule has 1 aliphatic heterocycles. The lowest BCUT2D eigenvalue weighted by atomic mass is 10.1. The summed E-state index contributed by atoms with van der Waals surface area (Å²) in [5, 5.41) is 0. The molecule has 0 saturated carbocycles. The highest BCUT2D eigenvalue weighted by Gasteiger charge is 2.37. The number of methoxy groups -OCH3 is 1. The van der Waals surface area contributed by atoms with E-state index >= 15 is 0 Å². The predicted octanol–water partition coefficient (Wildman–Crippen LogP) is 3.61. The molecular formula is C20H20BrFN2O3. The number of carbonyl (C=O) groups is 2. The number of nitrogens with zero attached hydrogens (tertiary/aromatic N) is 2. The number of anilines is 1. The van der Waals surface area contributed by atoms with Crippen LogP contribution in [0.25, 0.3) is 0 Å². The van der Waals surface area contributed by atoms with E-state index in [2.05, 4.69) is 15.9 Å². The Morgan fingerprint density at radius 1 is 1.33 bits per heavy atom. The molecule has 1 heterocycles. The largest absolute Gasteiger partial charge is 0.496 e. The first-order valence-electron chi connectivity index (χ1n) is 8.53. The Hall–Kier alpha value is -2.41. The highest BCUT2D eigenvalue weighted by molar-refractivity contribution is 9.10. The molecule has 0 radical (unpaired) electrons. The van der Waals surface area contributed by atoms with Gasteiger partial charge in [-0.2, -0.15) is 0 Å². The van der Waals surface area contributed by atoms with Crippen molar-refractivity contribution in [1.82, 2.24) is 4.90 Å². The molecule has 7 heteroatoms. The Morgan fingerprint density at radius 3 is 2.78 bits per heavy atom. The molecule has 1 saturated heterocycles. The van der Waals surface area contributed by atoms with Crippen molar-refractivity contribution in [1.29, 1.82) is 0 Å². The highest BCUT2D eigenvalue weighted by Crippen LogP contribution is 2.29. The fraction of sp³-hybridized carbons (Fsp3) is 0.300. The van der Waals surface area contributed by atoms with Gasteiger partial charge < -0.3 is 14.5 Å². The standard InChI is InChI=1S/C20H20BrFN2O3/c1-23(11-13-9-15(21)7-8-18(13)27-2)20(26)14-10-19(25)24(12-14)17-6-4-3-5-16(17)22/h3-9,14H,10-12H2,1-2H3/t14-/m0/s1. The Morgan fingerprint density at radius 2 is 2.07 bits per heavy atom. The first-order valence-corrected chi connectivity index (χ1v) is 9.32. The molecular weight excluding hydrogens is 415 g/mol.